The molecule has 1 aliphatic rings. The van der Waals surface area contributed by atoms with Gasteiger partial charge in [0.1, 0.15) is 0 Å². The number of methoxy groups -OCH3 is 2. The molecule has 0 aromatic heterocycles. The van der Waals surface area contributed by atoms with Gasteiger partial charge < -0.3 is 14.4 Å². The van der Waals surface area contributed by atoms with Crippen molar-refractivity contribution in [3.8, 4) is 11.5 Å². The van der Waals surface area contributed by atoms with E-state index in [4.69, 9.17) is 9.47 Å². The number of piperidine rings is 1. The zero-order valence-corrected chi connectivity index (χ0v) is 16.1. The largest absolute Gasteiger partial charge is 0.493 e. The van der Waals surface area contributed by atoms with Gasteiger partial charge in [0, 0.05) is 30.4 Å². The van der Waals surface area contributed by atoms with E-state index in [9.17, 15) is 13.2 Å². The number of carbonyl (C=O) groups is 1. The minimum absolute atomic E-state index is 0.0652. The van der Waals surface area contributed by atoms with Gasteiger partial charge in [-0.1, -0.05) is 0 Å². The van der Waals surface area contributed by atoms with Crippen LogP contribution in [0.4, 0.5) is 11.4 Å². The third-order valence-corrected chi connectivity index (χ3v) is 5.80. The Morgan fingerprint density at radius 2 is 1.67 bits per heavy atom. The number of ether oxygens (including phenoxy) is 2. The van der Waals surface area contributed by atoms with E-state index in [-0.39, 0.29) is 10.8 Å². The lowest BCUT2D eigenvalue weighted by molar-refractivity contribution is -0.119. The Labute approximate surface area is 158 Å². The van der Waals surface area contributed by atoms with Crippen molar-refractivity contribution in [3.63, 3.8) is 0 Å². The lowest BCUT2D eigenvalue weighted by Crippen LogP contribution is -2.35. The molecule has 2 aromatic rings. The summed E-state index contributed by atoms with van der Waals surface area (Å²) in [5.41, 5.74) is 1.19. The van der Waals surface area contributed by atoms with E-state index in [0.29, 0.717) is 30.2 Å². The van der Waals surface area contributed by atoms with Crippen LogP contribution in [0.3, 0.4) is 0 Å². The summed E-state index contributed by atoms with van der Waals surface area (Å²) in [7, 11) is -0.854. The fourth-order valence-corrected chi connectivity index (χ4v) is 4.06. The van der Waals surface area contributed by atoms with Crippen molar-refractivity contribution in [1.82, 2.24) is 0 Å². The number of nitrogens with one attached hydrogen (secondary N) is 1. The van der Waals surface area contributed by atoms with E-state index in [0.717, 1.165) is 18.5 Å². The van der Waals surface area contributed by atoms with E-state index >= 15 is 0 Å². The maximum absolute atomic E-state index is 12.6. The van der Waals surface area contributed by atoms with Crippen LogP contribution in [0.5, 0.6) is 11.5 Å². The highest BCUT2D eigenvalue weighted by atomic mass is 32.2. The van der Waals surface area contributed by atoms with E-state index < -0.39 is 10.0 Å². The van der Waals surface area contributed by atoms with E-state index in [2.05, 4.69) is 4.72 Å². The molecule has 1 heterocycles. The van der Waals surface area contributed by atoms with Gasteiger partial charge in [-0.05, 0) is 49.2 Å². The van der Waals surface area contributed by atoms with Gasteiger partial charge in [0.05, 0.1) is 19.1 Å². The first-order valence-electron chi connectivity index (χ1n) is 8.60. The highest BCUT2D eigenvalue weighted by molar-refractivity contribution is 7.92. The maximum Gasteiger partial charge on any atom is 0.262 e. The zero-order valence-electron chi connectivity index (χ0n) is 15.3. The van der Waals surface area contributed by atoms with Crippen LogP contribution in [0.2, 0.25) is 0 Å². The third kappa shape index (κ3) is 4.16. The lowest BCUT2D eigenvalue weighted by atomic mass is 10.1. The number of hydrogen-bond acceptors (Lipinski definition) is 5. The second-order valence-electron chi connectivity index (χ2n) is 6.17. The van der Waals surface area contributed by atoms with Crippen molar-refractivity contribution in [2.45, 2.75) is 24.2 Å². The van der Waals surface area contributed by atoms with Crippen molar-refractivity contribution < 1.29 is 22.7 Å². The molecule has 1 N–H and O–H groups in total. The van der Waals surface area contributed by atoms with Crippen molar-refractivity contribution in [2.24, 2.45) is 0 Å². The summed E-state index contributed by atoms with van der Waals surface area (Å²) in [6, 6.07) is 11.2. The van der Waals surface area contributed by atoms with Gasteiger partial charge in [-0.2, -0.15) is 0 Å². The summed E-state index contributed by atoms with van der Waals surface area (Å²) in [6.07, 6.45) is 2.44. The number of nitrogens with zero attached hydrogens (tertiary/aromatic N) is 1. The summed E-state index contributed by atoms with van der Waals surface area (Å²) in [6.45, 7) is 0.690. The van der Waals surface area contributed by atoms with E-state index in [1.165, 1.54) is 26.4 Å². The minimum Gasteiger partial charge on any atom is -0.493 e. The van der Waals surface area contributed by atoms with Crippen molar-refractivity contribution >= 4 is 27.3 Å². The molecule has 144 valence electrons. The Kier molecular flexibility index (Phi) is 5.55. The van der Waals surface area contributed by atoms with Gasteiger partial charge in [0.15, 0.2) is 11.5 Å². The van der Waals surface area contributed by atoms with Crippen LogP contribution in [0.15, 0.2) is 47.4 Å². The third-order valence-electron chi connectivity index (χ3n) is 4.42. The summed E-state index contributed by atoms with van der Waals surface area (Å²) in [5.74, 6) is 0.881. The fourth-order valence-electron chi connectivity index (χ4n) is 2.99. The molecule has 3 rings (SSSR count). The first kappa shape index (κ1) is 19.0. The van der Waals surface area contributed by atoms with Crippen LogP contribution in [0, 0.1) is 0 Å². The van der Waals surface area contributed by atoms with Gasteiger partial charge in [0.2, 0.25) is 5.91 Å². The molecule has 0 spiro atoms. The SMILES string of the molecule is COc1ccc(S(=O)(=O)Nc2ccc(N3CCCCC3=O)cc2)cc1OC. The van der Waals surface area contributed by atoms with Gasteiger partial charge in [-0.3, -0.25) is 9.52 Å². The summed E-state index contributed by atoms with van der Waals surface area (Å²) < 4.78 is 38.1. The number of amides is 1. The first-order chi connectivity index (χ1) is 12.9. The predicted molar refractivity (Wildman–Crippen MR) is 103 cm³/mol. The monoisotopic (exact) mass is 390 g/mol. The number of anilines is 2. The predicted octanol–water partition coefficient (Wildman–Crippen LogP) is 3.02. The minimum atomic E-state index is -3.79. The Morgan fingerprint density at radius 1 is 0.963 bits per heavy atom. The quantitative estimate of drug-likeness (QED) is 0.820. The number of rotatable bonds is 6. The lowest BCUT2D eigenvalue weighted by Gasteiger charge is -2.26. The average molecular weight is 390 g/mol. The number of benzene rings is 2. The molecule has 0 saturated carbocycles. The van der Waals surface area contributed by atoms with Crippen molar-refractivity contribution in [3.05, 3.63) is 42.5 Å². The second-order valence-corrected chi connectivity index (χ2v) is 7.85. The van der Waals surface area contributed by atoms with E-state index in [1.54, 1.807) is 35.2 Å². The van der Waals surface area contributed by atoms with Crippen LogP contribution in [-0.2, 0) is 14.8 Å². The zero-order chi connectivity index (χ0) is 19.4. The maximum atomic E-state index is 12.6. The molecule has 2 aromatic carbocycles. The molecule has 0 bridgehead atoms. The Balaban J connectivity index is 1.79. The van der Waals surface area contributed by atoms with Gasteiger partial charge in [0.25, 0.3) is 10.0 Å². The highest BCUT2D eigenvalue weighted by Gasteiger charge is 2.20. The molecular weight excluding hydrogens is 368 g/mol. The first-order valence-corrected chi connectivity index (χ1v) is 10.1. The normalized spacial score (nSPS) is 14.7. The Morgan fingerprint density at radius 3 is 2.30 bits per heavy atom. The number of hydrogen-bond donors (Lipinski definition) is 1. The molecule has 0 aliphatic carbocycles. The summed E-state index contributed by atoms with van der Waals surface area (Å²) in [5, 5.41) is 0. The Bertz CT molecular complexity index is 926. The average Bonchev–Trinajstić information content (AvgIpc) is 2.68. The summed E-state index contributed by atoms with van der Waals surface area (Å²) in [4.78, 5) is 13.8. The number of carbonyl (C=O) groups excluding carboxylic acids is 1. The molecule has 7 nitrogen and oxygen atoms in total. The molecule has 0 unspecified atom stereocenters. The molecule has 1 saturated heterocycles. The standard InChI is InChI=1S/C19H22N2O5S/c1-25-17-11-10-16(13-18(17)26-2)27(23,24)20-14-6-8-15(9-7-14)21-12-4-3-5-19(21)22/h6-11,13,20H,3-5,12H2,1-2H3. The molecule has 0 radical (unpaired) electrons. The molecule has 1 aliphatic heterocycles. The summed E-state index contributed by atoms with van der Waals surface area (Å²) >= 11 is 0. The van der Waals surface area contributed by atoms with Crippen LogP contribution >= 0.6 is 0 Å². The van der Waals surface area contributed by atoms with Crippen molar-refractivity contribution in [2.75, 3.05) is 30.4 Å². The molecule has 0 atom stereocenters. The van der Waals surface area contributed by atoms with Crippen LogP contribution in [-0.4, -0.2) is 35.1 Å². The van der Waals surface area contributed by atoms with Crippen LogP contribution in [0.25, 0.3) is 0 Å². The molecule has 8 heteroatoms. The second kappa shape index (κ2) is 7.87. The van der Waals surface area contributed by atoms with Gasteiger partial charge in [-0.15, -0.1) is 0 Å². The number of sulfonamides is 1. The Hall–Kier alpha value is -2.74. The highest BCUT2D eigenvalue weighted by Crippen LogP contribution is 2.30. The topological polar surface area (TPSA) is 84.9 Å². The smallest absolute Gasteiger partial charge is 0.262 e. The van der Waals surface area contributed by atoms with Gasteiger partial charge >= 0.3 is 0 Å². The van der Waals surface area contributed by atoms with Gasteiger partial charge in [-0.25, -0.2) is 8.42 Å². The molecule has 1 amide bonds. The molecule has 27 heavy (non-hydrogen) atoms. The van der Waals surface area contributed by atoms with Crippen LogP contribution in [0.1, 0.15) is 19.3 Å². The van der Waals surface area contributed by atoms with Crippen LogP contribution < -0.4 is 19.1 Å². The molecular formula is C19H22N2O5S. The molecule has 1 fully saturated rings. The van der Waals surface area contributed by atoms with Crippen molar-refractivity contribution in [1.29, 1.82) is 0 Å². The fraction of sp³-hybridized carbons (Fsp3) is 0.316. The van der Waals surface area contributed by atoms with E-state index in [1.807, 2.05) is 0 Å².